The molecule has 1 unspecified atom stereocenters. The van der Waals surface area contributed by atoms with Gasteiger partial charge in [-0.3, -0.25) is 4.79 Å². The van der Waals surface area contributed by atoms with Crippen molar-refractivity contribution < 1.29 is 14.0 Å². The van der Waals surface area contributed by atoms with Crippen LogP contribution in [0.1, 0.15) is 25.0 Å². The third-order valence-electron chi connectivity index (χ3n) is 2.89. The molecule has 0 aliphatic carbocycles. The van der Waals surface area contributed by atoms with Crippen LogP contribution in [0.15, 0.2) is 21.2 Å². The Hall–Kier alpha value is -1.50. The Bertz CT molecular complexity index is 461. The van der Waals surface area contributed by atoms with Gasteiger partial charge in [0.25, 0.3) is 0 Å². The lowest BCUT2D eigenvalue weighted by Gasteiger charge is -2.15. The smallest absolute Gasteiger partial charge is 0.315 e. The van der Waals surface area contributed by atoms with Crippen LogP contribution >= 0.6 is 15.9 Å². The zero-order valence-corrected chi connectivity index (χ0v) is 12.0. The molecule has 3 N–H and O–H groups in total. The lowest BCUT2D eigenvalue weighted by Crippen LogP contribution is -2.48. The molecule has 0 spiro atoms. The monoisotopic (exact) mass is 329 g/mol. The lowest BCUT2D eigenvalue weighted by atomic mass is 10.1. The Balaban J connectivity index is 1.78. The maximum atomic E-state index is 11.7. The van der Waals surface area contributed by atoms with E-state index < -0.39 is 6.04 Å². The number of carbonyl (C=O) groups is 2. The molecule has 2 rings (SSSR count). The molecule has 104 valence electrons. The van der Waals surface area contributed by atoms with E-state index in [0.717, 1.165) is 12.8 Å². The summed E-state index contributed by atoms with van der Waals surface area (Å²) in [6, 6.07) is 2.71. The fourth-order valence-corrected chi connectivity index (χ4v) is 2.24. The summed E-state index contributed by atoms with van der Waals surface area (Å²) in [4.78, 5) is 23.3. The quantitative estimate of drug-likeness (QED) is 0.786. The maximum Gasteiger partial charge on any atom is 0.315 e. The molecule has 1 aliphatic heterocycles. The molecule has 7 heteroatoms. The molecule has 0 aromatic carbocycles. The topological polar surface area (TPSA) is 83.4 Å². The maximum absolute atomic E-state index is 11.7. The summed E-state index contributed by atoms with van der Waals surface area (Å²) in [5.74, 6) is 0.528. The molecule has 1 aromatic heterocycles. The highest BCUT2D eigenvalue weighted by Gasteiger charge is 2.22. The van der Waals surface area contributed by atoms with Crippen molar-refractivity contribution in [3.8, 4) is 0 Å². The Morgan fingerprint density at radius 3 is 3.05 bits per heavy atom. The fourth-order valence-electron chi connectivity index (χ4n) is 1.90. The van der Waals surface area contributed by atoms with Crippen LogP contribution in [0.5, 0.6) is 0 Å². The number of halogens is 1. The summed E-state index contributed by atoms with van der Waals surface area (Å²) >= 11 is 3.19. The Morgan fingerprint density at radius 2 is 2.32 bits per heavy atom. The first-order valence-electron chi connectivity index (χ1n) is 6.21. The molecular formula is C12H16BrN3O3. The van der Waals surface area contributed by atoms with Crippen LogP contribution in [0.25, 0.3) is 0 Å². The second kappa shape index (κ2) is 6.60. The van der Waals surface area contributed by atoms with Crippen molar-refractivity contribution >= 4 is 27.9 Å². The van der Waals surface area contributed by atoms with Crippen molar-refractivity contribution in [2.75, 3.05) is 6.54 Å². The second-order valence-electron chi connectivity index (χ2n) is 4.37. The minimum Gasteiger partial charge on any atom is -0.452 e. The minimum atomic E-state index is -0.453. The number of nitrogens with one attached hydrogen (secondary N) is 3. The van der Waals surface area contributed by atoms with Crippen molar-refractivity contribution in [1.82, 2.24) is 16.0 Å². The highest BCUT2D eigenvalue weighted by atomic mass is 79.9. The van der Waals surface area contributed by atoms with Gasteiger partial charge in [-0.05, 0) is 47.3 Å². The van der Waals surface area contributed by atoms with Crippen molar-refractivity contribution in [2.24, 2.45) is 0 Å². The number of urea groups is 1. The van der Waals surface area contributed by atoms with E-state index in [1.165, 1.54) is 0 Å². The summed E-state index contributed by atoms with van der Waals surface area (Å²) in [6.45, 7) is 0.963. The first-order chi connectivity index (χ1) is 9.15. The SMILES string of the molecule is O=C(NCc1ccc(Br)o1)NC1CCCCNC1=O. The molecule has 3 amide bonds. The average Bonchev–Trinajstić information content (AvgIpc) is 2.69. The molecule has 1 aromatic rings. The standard InChI is InChI=1S/C12H16BrN3O3/c13-10-5-4-8(19-10)7-15-12(18)16-9-3-1-2-6-14-11(9)17/h4-5,9H,1-3,6-7H2,(H,14,17)(H2,15,16,18). The molecule has 6 nitrogen and oxygen atoms in total. The molecule has 0 saturated carbocycles. The van der Waals surface area contributed by atoms with Gasteiger partial charge in [0.1, 0.15) is 11.8 Å². The Kier molecular flexibility index (Phi) is 4.84. The van der Waals surface area contributed by atoms with Gasteiger partial charge in [-0.2, -0.15) is 0 Å². The Labute approximate surface area is 119 Å². The number of carbonyl (C=O) groups excluding carboxylic acids is 2. The first-order valence-corrected chi connectivity index (χ1v) is 7.01. The van der Waals surface area contributed by atoms with Crippen LogP contribution in [0.2, 0.25) is 0 Å². The normalized spacial score (nSPS) is 19.4. The summed E-state index contributed by atoms with van der Waals surface area (Å²) in [5.41, 5.74) is 0. The van der Waals surface area contributed by atoms with Crippen LogP contribution in [-0.4, -0.2) is 24.5 Å². The Morgan fingerprint density at radius 1 is 1.47 bits per heavy atom. The second-order valence-corrected chi connectivity index (χ2v) is 5.15. The highest BCUT2D eigenvalue weighted by Crippen LogP contribution is 2.13. The molecule has 0 bridgehead atoms. The fraction of sp³-hybridized carbons (Fsp3) is 0.500. The number of hydrogen-bond acceptors (Lipinski definition) is 3. The summed E-state index contributed by atoms with van der Waals surface area (Å²) < 4.78 is 5.88. The van der Waals surface area contributed by atoms with Gasteiger partial charge in [-0.25, -0.2) is 4.79 Å². The van der Waals surface area contributed by atoms with E-state index in [1.807, 2.05) is 0 Å². The molecule has 1 aliphatic rings. The highest BCUT2D eigenvalue weighted by molar-refractivity contribution is 9.10. The van der Waals surface area contributed by atoms with E-state index >= 15 is 0 Å². The zero-order chi connectivity index (χ0) is 13.7. The van der Waals surface area contributed by atoms with Crippen LogP contribution < -0.4 is 16.0 Å². The van der Waals surface area contributed by atoms with Gasteiger partial charge in [0.05, 0.1) is 6.54 Å². The van der Waals surface area contributed by atoms with Gasteiger partial charge in [-0.1, -0.05) is 0 Å². The molecule has 1 atom stereocenters. The van der Waals surface area contributed by atoms with Gasteiger partial charge in [0.15, 0.2) is 4.67 Å². The average molecular weight is 330 g/mol. The van der Waals surface area contributed by atoms with Crippen LogP contribution in [0, 0.1) is 0 Å². The molecule has 2 heterocycles. The summed E-state index contributed by atoms with van der Waals surface area (Å²) in [5, 5.41) is 8.10. The van der Waals surface area contributed by atoms with Gasteiger partial charge in [-0.15, -0.1) is 0 Å². The predicted molar refractivity (Wildman–Crippen MR) is 72.4 cm³/mol. The van der Waals surface area contributed by atoms with E-state index in [0.29, 0.717) is 23.4 Å². The third kappa shape index (κ3) is 4.27. The number of hydrogen-bond donors (Lipinski definition) is 3. The molecule has 19 heavy (non-hydrogen) atoms. The van der Waals surface area contributed by atoms with Gasteiger partial charge < -0.3 is 20.4 Å². The molecular weight excluding hydrogens is 314 g/mol. The van der Waals surface area contributed by atoms with E-state index in [4.69, 9.17) is 4.42 Å². The van der Waals surface area contributed by atoms with Crippen molar-refractivity contribution in [1.29, 1.82) is 0 Å². The molecule has 1 saturated heterocycles. The number of rotatable bonds is 3. The van der Waals surface area contributed by atoms with E-state index in [1.54, 1.807) is 12.1 Å². The number of furan rings is 1. The van der Waals surface area contributed by atoms with Gasteiger partial charge in [0.2, 0.25) is 5.91 Å². The van der Waals surface area contributed by atoms with Gasteiger partial charge >= 0.3 is 6.03 Å². The van der Waals surface area contributed by atoms with Crippen molar-refractivity contribution in [2.45, 2.75) is 31.8 Å². The van der Waals surface area contributed by atoms with E-state index in [2.05, 4.69) is 31.9 Å². The van der Waals surface area contributed by atoms with Crippen molar-refractivity contribution in [3.63, 3.8) is 0 Å². The third-order valence-corrected chi connectivity index (χ3v) is 3.32. The molecule has 0 radical (unpaired) electrons. The minimum absolute atomic E-state index is 0.117. The largest absolute Gasteiger partial charge is 0.452 e. The van der Waals surface area contributed by atoms with E-state index in [9.17, 15) is 9.59 Å². The predicted octanol–water partition coefficient (Wildman–Crippen LogP) is 1.51. The van der Waals surface area contributed by atoms with Crippen LogP contribution in [-0.2, 0) is 11.3 Å². The van der Waals surface area contributed by atoms with Crippen molar-refractivity contribution in [3.05, 3.63) is 22.6 Å². The number of amides is 3. The summed E-state index contributed by atoms with van der Waals surface area (Å²) in [7, 11) is 0. The first kappa shape index (κ1) is 13.9. The lowest BCUT2D eigenvalue weighted by molar-refractivity contribution is -0.122. The van der Waals surface area contributed by atoms with Crippen LogP contribution in [0.3, 0.4) is 0 Å². The zero-order valence-electron chi connectivity index (χ0n) is 10.4. The summed E-state index contributed by atoms with van der Waals surface area (Å²) in [6.07, 6.45) is 2.55. The van der Waals surface area contributed by atoms with E-state index in [-0.39, 0.29) is 18.5 Å². The van der Waals surface area contributed by atoms with Crippen LogP contribution in [0.4, 0.5) is 4.79 Å². The van der Waals surface area contributed by atoms with Gasteiger partial charge in [0, 0.05) is 6.54 Å². The molecule has 1 fully saturated rings.